The molecule has 0 atom stereocenters. The number of amides is 1. The Morgan fingerprint density at radius 2 is 1.85 bits per heavy atom. The van der Waals surface area contributed by atoms with E-state index in [1.807, 2.05) is 61.5 Å². The van der Waals surface area contributed by atoms with Gasteiger partial charge in [-0.2, -0.15) is 0 Å². The molecular weight excluding hydrogens is 414 g/mol. The lowest BCUT2D eigenvalue weighted by Gasteiger charge is -2.20. The van der Waals surface area contributed by atoms with Crippen molar-refractivity contribution in [2.45, 2.75) is 39.0 Å². The highest BCUT2D eigenvalue weighted by Gasteiger charge is 2.36. The summed E-state index contributed by atoms with van der Waals surface area (Å²) in [6, 6.07) is 17.0. The van der Waals surface area contributed by atoms with Gasteiger partial charge in [0.25, 0.3) is 5.91 Å². The first kappa shape index (κ1) is 22.6. The number of carbonyl (C=O) groups excluding carboxylic acids is 2. The summed E-state index contributed by atoms with van der Waals surface area (Å²) >= 11 is 0. The third-order valence-electron chi connectivity index (χ3n) is 6.09. The monoisotopic (exact) mass is 443 g/mol. The zero-order valence-electron chi connectivity index (χ0n) is 19.2. The van der Waals surface area contributed by atoms with Crippen LogP contribution in [-0.4, -0.2) is 30.4 Å². The van der Waals surface area contributed by atoms with E-state index in [1.165, 1.54) is 25.5 Å². The van der Waals surface area contributed by atoms with Crippen LogP contribution in [0.3, 0.4) is 0 Å². The van der Waals surface area contributed by atoms with Crippen molar-refractivity contribution in [1.82, 2.24) is 4.90 Å². The molecule has 5 heteroatoms. The molecule has 1 aliphatic carbocycles. The van der Waals surface area contributed by atoms with Gasteiger partial charge in [0.05, 0.1) is 18.3 Å². The molecule has 4 rings (SSSR count). The number of nitrogens with zero attached hydrogens (tertiary/aromatic N) is 1. The minimum absolute atomic E-state index is 0.168. The van der Waals surface area contributed by atoms with Gasteiger partial charge in [-0.25, -0.2) is 4.79 Å². The van der Waals surface area contributed by atoms with Gasteiger partial charge < -0.3 is 14.4 Å². The molecule has 0 N–H and O–H groups in total. The van der Waals surface area contributed by atoms with Crippen LogP contribution in [0.2, 0.25) is 0 Å². The SMILES string of the molecule is COC(=O)C1=C(C)N(CCC2=CCCCC2)C(=O)/C1=C\c1cccc(Oc2ccccc2)c1. The van der Waals surface area contributed by atoms with Crippen molar-refractivity contribution in [3.05, 3.63) is 88.7 Å². The van der Waals surface area contributed by atoms with E-state index in [0.29, 0.717) is 29.1 Å². The summed E-state index contributed by atoms with van der Waals surface area (Å²) in [5, 5.41) is 0. The molecule has 0 saturated heterocycles. The van der Waals surface area contributed by atoms with Crippen molar-refractivity contribution >= 4 is 18.0 Å². The van der Waals surface area contributed by atoms with E-state index in [9.17, 15) is 9.59 Å². The lowest BCUT2D eigenvalue weighted by molar-refractivity contribution is -0.136. The topological polar surface area (TPSA) is 55.8 Å². The van der Waals surface area contributed by atoms with Crippen LogP contribution in [0.1, 0.15) is 44.6 Å². The van der Waals surface area contributed by atoms with Gasteiger partial charge in [0.2, 0.25) is 0 Å². The maximum Gasteiger partial charge on any atom is 0.340 e. The van der Waals surface area contributed by atoms with Gasteiger partial charge in [0.15, 0.2) is 0 Å². The second kappa shape index (κ2) is 10.3. The molecule has 1 heterocycles. The molecule has 2 aromatic rings. The Bertz CT molecular complexity index is 1130. The van der Waals surface area contributed by atoms with Crippen LogP contribution in [0.4, 0.5) is 0 Å². The minimum atomic E-state index is -0.497. The average Bonchev–Trinajstić information content (AvgIpc) is 3.07. The molecular formula is C28H29NO4. The van der Waals surface area contributed by atoms with Gasteiger partial charge in [-0.3, -0.25) is 4.79 Å². The van der Waals surface area contributed by atoms with Crippen molar-refractivity contribution in [2.24, 2.45) is 0 Å². The van der Waals surface area contributed by atoms with E-state index in [-0.39, 0.29) is 5.91 Å². The summed E-state index contributed by atoms with van der Waals surface area (Å²) in [4.78, 5) is 27.7. The Morgan fingerprint density at radius 3 is 2.58 bits per heavy atom. The van der Waals surface area contributed by atoms with E-state index in [1.54, 1.807) is 11.0 Å². The van der Waals surface area contributed by atoms with E-state index in [2.05, 4.69) is 6.08 Å². The summed E-state index contributed by atoms with van der Waals surface area (Å²) in [7, 11) is 1.34. The van der Waals surface area contributed by atoms with Gasteiger partial charge in [-0.1, -0.05) is 42.0 Å². The number of ether oxygens (including phenoxy) is 2. The number of carbonyl (C=O) groups is 2. The Kier molecular flexibility index (Phi) is 7.08. The molecule has 33 heavy (non-hydrogen) atoms. The number of rotatable bonds is 7. The molecule has 1 amide bonds. The standard InChI is InChI=1S/C28H29NO4/c1-20-26(28(31)32-2)25(27(30)29(20)17-16-21-10-5-3-6-11-21)19-22-12-9-15-24(18-22)33-23-13-7-4-8-14-23/h4,7-10,12-15,18-19H,3,5-6,11,16-17H2,1-2H3/b25-19-. The second-order valence-electron chi connectivity index (χ2n) is 8.31. The van der Waals surface area contributed by atoms with Crippen molar-refractivity contribution < 1.29 is 19.1 Å². The lowest BCUT2D eigenvalue weighted by Crippen LogP contribution is -2.26. The normalized spacial score (nSPS) is 17.4. The average molecular weight is 444 g/mol. The quantitative estimate of drug-likeness (QED) is 0.297. The Hall–Kier alpha value is -3.60. The predicted molar refractivity (Wildman–Crippen MR) is 129 cm³/mol. The summed E-state index contributed by atoms with van der Waals surface area (Å²) in [5.74, 6) is 0.720. The highest BCUT2D eigenvalue weighted by atomic mass is 16.5. The first-order chi connectivity index (χ1) is 16.1. The maximum atomic E-state index is 13.4. The van der Waals surface area contributed by atoms with Crippen molar-refractivity contribution in [1.29, 1.82) is 0 Å². The summed E-state index contributed by atoms with van der Waals surface area (Å²) in [6.45, 7) is 2.38. The third-order valence-corrected chi connectivity index (χ3v) is 6.09. The van der Waals surface area contributed by atoms with Crippen molar-refractivity contribution in [3.8, 4) is 11.5 Å². The van der Waals surface area contributed by atoms with E-state index >= 15 is 0 Å². The number of hydrogen-bond acceptors (Lipinski definition) is 4. The number of methoxy groups -OCH3 is 1. The molecule has 0 saturated carbocycles. The number of benzene rings is 2. The zero-order valence-corrected chi connectivity index (χ0v) is 19.2. The van der Waals surface area contributed by atoms with Crippen LogP contribution in [0.25, 0.3) is 6.08 Å². The largest absolute Gasteiger partial charge is 0.465 e. The molecule has 2 aliphatic rings. The van der Waals surface area contributed by atoms with Gasteiger partial charge >= 0.3 is 5.97 Å². The zero-order chi connectivity index (χ0) is 23.2. The van der Waals surface area contributed by atoms with Crippen LogP contribution in [0, 0.1) is 0 Å². The van der Waals surface area contributed by atoms with Crippen LogP contribution >= 0.6 is 0 Å². The molecule has 0 fully saturated rings. The Labute approximate surface area is 195 Å². The number of esters is 1. The molecule has 0 radical (unpaired) electrons. The van der Waals surface area contributed by atoms with E-state index in [4.69, 9.17) is 9.47 Å². The number of hydrogen-bond donors (Lipinski definition) is 0. The van der Waals surface area contributed by atoms with Crippen molar-refractivity contribution in [2.75, 3.05) is 13.7 Å². The van der Waals surface area contributed by atoms with E-state index in [0.717, 1.165) is 30.6 Å². The van der Waals surface area contributed by atoms with E-state index < -0.39 is 5.97 Å². The fraction of sp³-hybridized carbons (Fsp3) is 0.286. The first-order valence-corrected chi connectivity index (χ1v) is 11.4. The minimum Gasteiger partial charge on any atom is -0.465 e. The van der Waals surface area contributed by atoms with Gasteiger partial charge in [-0.15, -0.1) is 0 Å². The fourth-order valence-electron chi connectivity index (χ4n) is 4.34. The molecule has 1 aliphatic heterocycles. The summed E-state index contributed by atoms with van der Waals surface area (Å²) in [6.07, 6.45) is 9.50. The first-order valence-electron chi connectivity index (χ1n) is 11.4. The summed E-state index contributed by atoms with van der Waals surface area (Å²) in [5.41, 5.74) is 3.50. The number of para-hydroxylation sites is 1. The summed E-state index contributed by atoms with van der Waals surface area (Å²) < 4.78 is 10.9. The Morgan fingerprint density at radius 1 is 1.06 bits per heavy atom. The maximum absolute atomic E-state index is 13.4. The third kappa shape index (κ3) is 5.25. The molecule has 170 valence electrons. The molecule has 5 nitrogen and oxygen atoms in total. The van der Waals surface area contributed by atoms with Crippen LogP contribution in [0.15, 0.2) is 83.1 Å². The van der Waals surface area contributed by atoms with Crippen molar-refractivity contribution in [3.63, 3.8) is 0 Å². The highest BCUT2D eigenvalue weighted by molar-refractivity contribution is 6.16. The molecule has 0 bridgehead atoms. The van der Waals surface area contributed by atoms with Gasteiger partial charge in [0, 0.05) is 12.2 Å². The smallest absolute Gasteiger partial charge is 0.340 e. The molecule has 2 aromatic carbocycles. The van der Waals surface area contributed by atoms with Crippen LogP contribution < -0.4 is 4.74 Å². The molecule has 0 unspecified atom stereocenters. The van der Waals surface area contributed by atoms with Crippen LogP contribution in [-0.2, 0) is 14.3 Å². The molecule has 0 aromatic heterocycles. The second-order valence-corrected chi connectivity index (χ2v) is 8.31. The van der Waals surface area contributed by atoms with Gasteiger partial charge in [-0.05, 0) is 74.9 Å². The highest BCUT2D eigenvalue weighted by Crippen LogP contribution is 2.33. The van der Waals surface area contributed by atoms with Gasteiger partial charge in [0.1, 0.15) is 11.5 Å². The lowest BCUT2D eigenvalue weighted by atomic mass is 9.97. The van der Waals surface area contributed by atoms with Crippen LogP contribution in [0.5, 0.6) is 11.5 Å². The predicted octanol–water partition coefficient (Wildman–Crippen LogP) is 6.04. The fourth-order valence-corrected chi connectivity index (χ4v) is 4.34. The molecule has 0 spiro atoms. The number of allylic oxidation sites excluding steroid dienone is 2. The Balaban J connectivity index is 1.60.